The predicted octanol–water partition coefficient (Wildman–Crippen LogP) is 2.93. The van der Waals surface area contributed by atoms with Gasteiger partial charge in [-0.15, -0.1) is 0 Å². The average molecular weight is 293 g/mol. The molecule has 0 aliphatic carbocycles. The summed E-state index contributed by atoms with van der Waals surface area (Å²) in [7, 11) is 1.83. The first-order valence-electron chi connectivity index (χ1n) is 7.26. The van der Waals surface area contributed by atoms with Crippen LogP contribution in [-0.4, -0.2) is 37.6 Å². The highest BCUT2D eigenvalue weighted by molar-refractivity contribution is 7.98. The zero-order valence-electron chi connectivity index (χ0n) is 12.9. The number of rotatable bonds is 8. The Morgan fingerprint density at radius 2 is 2.05 bits per heavy atom. The Kier molecular flexibility index (Phi) is 8.96. The zero-order valence-corrected chi connectivity index (χ0v) is 13.7. The van der Waals surface area contributed by atoms with Crippen molar-refractivity contribution in [3.05, 3.63) is 35.9 Å². The highest BCUT2D eigenvalue weighted by Crippen LogP contribution is 2.04. The molecule has 1 rings (SSSR count). The van der Waals surface area contributed by atoms with Gasteiger partial charge in [0.05, 0.1) is 0 Å². The molecule has 0 saturated heterocycles. The van der Waals surface area contributed by atoms with Crippen molar-refractivity contribution in [2.24, 2.45) is 4.99 Å². The van der Waals surface area contributed by atoms with E-state index in [1.165, 1.54) is 17.7 Å². The summed E-state index contributed by atoms with van der Waals surface area (Å²) in [4.78, 5) is 4.27. The second-order valence-corrected chi connectivity index (χ2v) is 5.90. The van der Waals surface area contributed by atoms with Crippen molar-refractivity contribution in [2.45, 2.75) is 32.2 Å². The number of hydrogen-bond donors (Lipinski definition) is 2. The molecular formula is C16H27N3S. The van der Waals surface area contributed by atoms with E-state index in [-0.39, 0.29) is 0 Å². The first kappa shape index (κ1) is 16.9. The third-order valence-corrected chi connectivity index (χ3v) is 3.83. The van der Waals surface area contributed by atoms with Gasteiger partial charge >= 0.3 is 0 Å². The van der Waals surface area contributed by atoms with Crippen LogP contribution in [0.25, 0.3) is 0 Å². The van der Waals surface area contributed by atoms with Crippen LogP contribution >= 0.6 is 11.8 Å². The molecule has 0 aliphatic heterocycles. The van der Waals surface area contributed by atoms with Crippen LogP contribution in [0.1, 0.15) is 25.3 Å². The SMILES string of the molecule is CN=C(NCCCSC)NC(C)CCc1ccccc1. The molecule has 4 heteroatoms. The van der Waals surface area contributed by atoms with E-state index in [0.717, 1.165) is 25.3 Å². The summed E-state index contributed by atoms with van der Waals surface area (Å²) < 4.78 is 0. The Morgan fingerprint density at radius 1 is 1.30 bits per heavy atom. The number of nitrogens with one attached hydrogen (secondary N) is 2. The van der Waals surface area contributed by atoms with Crippen molar-refractivity contribution < 1.29 is 0 Å². The lowest BCUT2D eigenvalue weighted by atomic mass is 10.1. The Morgan fingerprint density at radius 3 is 2.70 bits per heavy atom. The van der Waals surface area contributed by atoms with E-state index in [4.69, 9.17) is 0 Å². The van der Waals surface area contributed by atoms with E-state index < -0.39 is 0 Å². The number of benzene rings is 1. The fraction of sp³-hybridized carbons (Fsp3) is 0.562. The molecule has 0 amide bonds. The van der Waals surface area contributed by atoms with Gasteiger partial charge < -0.3 is 10.6 Å². The van der Waals surface area contributed by atoms with Crippen molar-refractivity contribution in [3.63, 3.8) is 0 Å². The van der Waals surface area contributed by atoms with Crippen LogP contribution in [0.5, 0.6) is 0 Å². The third-order valence-electron chi connectivity index (χ3n) is 3.13. The second kappa shape index (κ2) is 10.6. The van der Waals surface area contributed by atoms with Crippen LogP contribution in [-0.2, 0) is 6.42 Å². The lowest BCUT2D eigenvalue weighted by Crippen LogP contribution is -2.42. The monoisotopic (exact) mass is 293 g/mol. The Balaban J connectivity index is 2.23. The molecule has 2 N–H and O–H groups in total. The molecule has 0 bridgehead atoms. The fourth-order valence-electron chi connectivity index (χ4n) is 1.95. The maximum atomic E-state index is 4.27. The van der Waals surface area contributed by atoms with Crippen LogP contribution in [0.3, 0.4) is 0 Å². The van der Waals surface area contributed by atoms with Crippen LogP contribution in [0.15, 0.2) is 35.3 Å². The smallest absolute Gasteiger partial charge is 0.191 e. The Labute approximate surface area is 127 Å². The van der Waals surface area contributed by atoms with Gasteiger partial charge in [0, 0.05) is 19.6 Å². The molecule has 3 nitrogen and oxygen atoms in total. The summed E-state index contributed by atoms with van der Waals surface area (Å²) in [6.07, 6.45) is 5.51. The average Bonchev–Trinajstić information content (AvgIpc) is 2.49. The summed E-state index contributed by atoms with van der Waals surface area (Å²) >= 11 is 1.88. The van der Waals surface area contributed by atoms with Crippen molar-refractivity contribution >= 4 is 17.7 Å². The normalized spacial score (nSPS) is 13.1. The molecule has 112 valence electrons. The number of nitrogens with zero attached hydrogens (tertiary/aromatic N) is 1. The summed E-state index contributed by atoms with van der Waals surface area (Å²) in [6.45, 7) is 3.18. The molecule has 0 radical (unpaired) electrons. The molecule has 0 fully saturated rings. The lowest BCUT2D eigenvalue weighted by molar-refractivity contribution is 0.593. The minimum atomic E-state index is 0.418. The number of aliphatic imine (C=N–C) groups is 1. The molecular weight excluding hydrogens is 266 g/mol. The van der Waals surface area contributed by atoms with Crippen LogP contribution in [0.4, 0.5) is 0 Å². The highest BCUT2D eigenvalue weighted by atomic mass is 32.2. The standard InChI is InChI=1S/C16H27N3S/c1-14(10-11-15-8-5-4-6-9-15)19-16(17-2)18-12-7-13-20-3/h4-6,8-9,14H,7,10-13H2,1-3H3,(H2,17,18,19). The van der Waals surface area contributed by atoms with Gasteiger partial charge in [0.25, 0.3) is 0 Å². The van der Waals surface area contributed by atoms with E-state index in [9.17, 15) is 0 Å². The number of guanidine groups is 1. The maximum Gasteiger partial charge on any atom is 0.191 e. The lowest BCUT2D eigenvalue weighted by Gasteiger charge is -2.18. The van der Waals surface area contributed by atoms with Crippen LogP contribution in [0, 0.1) is 0 Å². The minimum Gasteiger partial charge on any atom is -0.356 e. The van der Waals surface area contributed by atoms with Gasteiger partial charge in [0.15, 0.2) is 5.96 Å². The summed E-state index contributed by atoms with van der Waals surface area (Å²) in [5.41, 5.74) is 1.39. The van der Waals surface area contributed by atoms with E-state index in [1.54, 1.807) is 0 Å². The van der Waals surface area contributed by atoms with Gasteiger partial charge in [-0.05, 0) is 43.8 Å². The van der Waals surface area contributed by atoms with Gasteiger partial charge in [-0.25, -0.2) is 0 Å². The van der Waals surface area contributed by atoms with Crippen molar-refractivity contribution in [1.82, 2.24) is 10.6 Å². The first-order valence-corrected chi connectivity index (χ1v) is 8.65. The fourth-order valence-corrected chi connectivity index (χ4v) is 2.38. The maximum absolute atomic E-state index is 4.27. The van der Waals surface area contributed by atoms with Gasteiger partial charge in [-0.2, -0.15) is 11.8 Å². The highest BCUT2D eigenvalue weighted by Gasteiger charge is 2.05. The minimum absolute atomic E-state index is 0.418. The predicted molar refractivity (Wildman–Crippen MR) is 91.7 cm³/mol. The largest absolute Gasteiger partial charge is 0.356 e. The van der Waals surface area contributed by atoms with E-state index >= 15 is 0 Å². The molecule has 0 saturated carbocycles. The van der Waals surface area contributed by atoms with Crippen molar-refractivity contribution in [3.8, 4) is 0 Å². The third kappa shape index (κ3) is 7.43. The van der Waals surface area contributed by atoms with E-state index in [0.29, 0.717) is 6.04 Å². The number of aryl methyl sites for hydroxylation is 1. The molecule has 0 heterocycles. The molecule has 0 aliphatic rings. The molecule has 0 spiro atoms. The Bertz CT molecular complexity index is 379. The summed E-state index contributed by atoms with van der Waals surface area (Å²) in [6, 6.07) is 11.0. The summed E-state index contributed by atoms with van der Waals surface area (Å²) in [5, 5.41) is 6.80. The summed E-state index contributed by atoms with van der Waals surface area (Å²) in [5.74, 6) is 2.10. The second-order valence-electron chi connectivity index (χ2n) is 4.92. The zero-order chi connectivity index (χ0) is 14.6. The van der Waals surface area contributed by atoms with Crippen molar-refractivity contribution in [2.75, 3.05) is 25.6 Å². The molecule has 20 heavy (non-hydrogen) atoms. The van der Waals surface area contributed by atoms with Crippen LogP contribution < -0.4 is 10.6 Å². The van der Waals surface area contributed by atoms with E-state index in [2.05, 4.69) is 59.1 Å². The van der Waals surface area contributed by atoms with Gasteiger partial charge in [-0.3, -0.25) is 4.99 Å². The molecule has 1 aromatic rings. The van der Waals surface area contributed by atoms with Gasteiger partial charge in [-0.1, -0.05) is 30.3 Å². The topological polar surface area (TPSA) is 36.4 Å². The Hall–Kier alpha value is -1.16. The molecule has 1 atom stereocenters. The quantitative estimate of drug-likeness (QED) is 0.439. The molecule has 0 aromatic heterocycles. The van der Waals surface area contributed by atoms with Gasteiger partial charge in [0.1, 0.15) is 0 Å². The van der Waals surface area contributed by atoms with Crippen molar-refractivity contribution in [1.29, 1.82) is 0 Å². The van der Waals surface area contributed by atoms with Crippen LogP contribution in [0.2, 0.25) is 0 Å². The van der Waals surface area contributed by atoms with Gasteiger partial charge in [0.2, 0.25) is 0 Å². The number of hydrogen-bond acceptors (Lipinski definition) is 2. The van der Waals surface area contributed by atoms with E-state index in [1.807, 2.05) is 18.8 Å². The number of thioether (sulfide) groups is 1. The first-order chi connectivity index (χ1) is 9.76. The molecule has 1 aromatic carbocycles. The molecule has 1 unspecified atom stereocenters.